The molecular formula is C13H18F3N3O. The molecule has 7 heteroatoms. The summed E-state index contributed by atoms with van der Waals surface area (Å²) >= 11 is 0. The molecule has 0 saturated carbocycles. The zero-order valence-corrected chi connectivity index (χ0v) is 11.0. The molecule has 1 aromatic heterocycles. The van der Waals surface area contributed by atoms with Crippen molar-refractivity contribution in [2.45, 2.75) is 44.4 Å². The number of aromatic nitrogens is 1. The third-order valence-electron chi connectivity index (χ3n) is 3.42. The van der Waals surface area contributed by atoms with Gasteiger partial charge >= 0.3 is 6.18 Å². The van der Waals surface area contributed by atoms with E-state index in [1.807, 2.05) is 11.5 Å². The predicted molar refractivity (Wildman–Crippen MR) is 68.0 cm³/mol. The van der Waals surface area contributed by atoms with Crippen LogP contribution < -0.4 is 11.1 Å². The van der Waals surface area contributed by atoms with E-state index in [0.29, 0.717) is 0 Å². The summed E-state index contributed by atoms with van der Waals surface area (Å²) in [6, 6.07) is -0.0491. The third kappa shape index (κ3) is 4.00. The maximum absolute atomic E-state index is 12.0. The van der Waals surface area contributed by atoms with Crippen molar-refractivity contribution >= 4 is 5.91 Å². The number of nitrogens with zero attached hydrogens (tertiary/aromatic N) is 1. The SMILES string of the molecule is NC1CCCCc2cn(CC(=O)NCC(F)(F)F)cc21. The first-order valence-corrected chi connectivity index (χ1v) is 6.63. The van der Waals surface area contributed by atoms with Gasteiger partial charge in [0.1, 0.15) is 13.1 Å². The van der Waals surface area contributed by atoms with Crippen LogP contribution >= 0.6 is 0 Å². The molecule has 1 amide bonds. The molecule has 1 atom stereocenters. The normalized spacial score (nSPS) is 19.3. The highest BCUT2D eigenvalue weighted by Gasteiger charge is 2.27. The summed E-state index contributed by atoms with van der Waals surface area (Å²) in [5.74, 6) is -0.652. The standard InChI is InChI=1S/C13H18F3N3O/c14-13(15,16)8-18-12(20)7-19-5-9-3-1-2-4-11(17)10(9)6-19/h5-6,11H,1-4,7-8,17H2,(H,18,20). The highest BCUT2D eigenvalue weighted by Crippen LogP contribution is 2.27. The van der Waals surface area contributed by atoms with Gasteiger partial charge in [0.15, 0.2) is 0 Å². The lowest BCUT2D eigenvalue weighted by Gasteiger charge is -2.09. The second-order valence-electron chi connectivity index (χ2n) is 5.16. The lowest BCUT2D eigenvalue weighted by Crippen LogP contribution is -2.35. The van der Waals surface area contributed by atoms with Crippen molar-refractivity contribution in [2.24, 2.45) is 5.73 Å². The molecule has 4 nitrogen and oxygen atoms in total. The molecule has 1 aromatic rings. The number of alkyl halides is 3. The van der Waals surface area contributed by atoms with E-state index in [4.69, 9.17) is 5.73 Å². The monoisotopic (exact) mass is 289 g/mol. The molecule has 1 aliphatic carbocycles. The number of nitrogens with one attached hydrogen (secondary N) is 1. The van der Waals surface area contributed by atoms with Gasteiger partial charge in [0.05, 0.1) is 0 Å². The summed E-state index contributed by atoms with van der Waals surface area (Å²) in [5.41, 5.74) is 8.15. The Labute approximate surface area is 115 Å². The first-order valence-electron chi connectivity index (χ1n) is 6.63. The van der Waals surface area contributed by atoms with Gasteiger partial charge in [0.2, 0.25) is 5.91 Å². The number of rotatable bonds is 3. The van der Waals surface area contributed by atoms with Crippen LogP contribution in [0.5, 0.6) is 0 Å². The minimum absolute atomic E-state index is 0.0491. The number of halogens is 3. The Morgan fingerprint density at radius 1 is 1.40 bits per heavy atom. The molecule has 0 saturated heterocycles. The molecule has 0 bridgehead atoms. The Morgan fingerprint density at radius 3 is 2.85 bits per heavy atom. The summed E-state index contributed by atoms with van der Waals surface area (Å²) in [5, 5.41) is 1.86. The molecule has 0 aromatic carbocycles. The molecule has 1 aliphatic rings. The molecule has 0 radical (unpaired) electrons. The van der Waals surface area contributed by atoms with Gasteiger partial charge in [-0.3, -0.25) is 4.79 Å². The van der Waals surface area contributed by atoms with E-state index < -0.39 is 18.6 Å². The summed E-state index contributed by atoms with van der Waals surface area (Å²) < 4.78 is 37.6. The van der Waals surface area contributed by atoms with Crippen molar-refractivity contribution < 1.29 is 18.0 Å². The molecule has 1 unspecified atom stereocenters. The van der Waals surface area contributed by atoms with Crippen molar-refractivity contribution in [3.8, 4) is 0 Å². The van der Waals surface area contributed by atoms with Gasteiger partial charge in [-0.1, -0.05) is 6.42 Å². The van der Waals surface area contributed by atoms with Crippen LogP contribution in [0.15, 0.2) is 12.4 Å². The van der Waals surface area contributed by atoms with Crippen LogP contribution in [0.4, 0.5) is 13.2 Å². The topological polar surface area (TPSA) is 60.0 Å². The molecule has 112 valence electrons. The summed E-state index contributed by atoms with van der Waals surface area (Å²) in [6.45, 7) is -1.41. The van der Waals surface area contributed by atoms with Gasteiger partial charge in [0, 0.05) is 18.4 Å². The predicted octanol–water partition coefficient (Wildman–Crippen LogP) is 1.89. The minimum atomic E-state index is -4.38. The van der Waals surface area contributed by atoms with Gasteiger partial charge in [-0.2, -0.15) is 13.2 Å². The fraction of sp³-hybridized carbons (Fsp3) is 0.615. The summed E-state index contributed by atoms with van der Waals surface area (Å²) in [7, 11) is 0. The lowest BCUT2D eigenvalue weighted by molar-refractivity contribution is -0.138. The van der Waals surface area contributed by atoms with E-state index >= 15 is 0 Å². The summed E-state index contributed by atoms with van der Waals surface area (Å²) in [4.78, 5) is 11.5. The van der Waals surface area contributed by atoms with Crippen LogP contribution in [0, 0.1) is 0 Å². The molecular weight excluding hydrogens is 271 g/mol. The van der Waals surface area contributed by atoms with Gasteiger partial charge in [-0.15, -0.1) is 0 Å². The molecule has 20 heavy (non-hydrogen) atoms. The van der Waals surface area contributed by atoms with Crippen molar-refractivity contribution in [1.29, 1.82) is 0 Å². The van der Waals surface area contributed by atoms with Crippen LogP contribution in [0.1, 0.15) is 36.4 Å². The highest BCUT2D eigenvalue weighted by molar-refractivity contribution is 5.75. The van der Waals surface area contributed by atoms with E-state index in [-0.39, 0.29) is 12.6 Å². The van der Waals surface area contributed by atoms with Crippen LogP contribution in [0.2, 0.25) is 0 Å². The quantitative estimate of drug-likeness (QED) is 0.835. The third-order valence-corrected chi connectivity index (χ3v) is 3.42. The highest BCUT2D eigenvalue weighted by atomic mass is 19.4. The zero-order valence-electron chi connectivity index (χ0n) is 11.0. The Kier molecular flexibility index (Phi) is 4.37. The Balaban J connectivity index is 1.97. The first-order chi connectivity index (χ1) is 9.35. The van der Waals surface area contributed by atoms with E-state index in [2.05, 4.69) is 0 Å². The second kappa shape index (κ2) is 5.87. The molecule has 1 heterocycles. The van der Waals surface area contributed by atoms with Crippen LogP contribution in [0.25, 0.3) is 0 Å². The van der Waals surface area contributed by atoms with Gasteiger partial charge in [-0.05, 0) is 30.4 Å². The number of hydrogen-bond acceptors (Lipinski definition) is 2. The second-order valence-corrected chi connectivity index (χ2v) is 5.16. The molecule has 0 spiro atoms. The van der Waals surface area contributed by atoms with E-state index in [9.17, 15) is 18.0 Å². The Morgan fingerprint density at radius 2 is 2.15 bits per heavy atom. The van der Waals surface area contributed by atoms with Crippen molar-refractivity contribution in [1.82, 2.24) is 9.88 Å². The molecule has 0 aliphatic heterocycles. The molecule has 3 N–H and O–H groups in total. The molecule has 0 fully saturated rings. The van der Waals surface area contributed by atoms with Gasteiger partial charge in [0.25, 0.3) is 0 Å². The number of carbonyl (C=O) groups is 1. The van der Waals surface area contributed by atoms with Gasteiger partial charge < -0.3 is 15.6 Å². The average molecular weight is 289 g/mol. The largest absolute Gasteiger partial charge is 0.405 e. The summed E-state index contributed by atoms with van der Waals surface area (Å²) in [6.07, 6.45) is 3.13. The number of carbonyl (C=O) groups excluding carboxylic acids is 1. The maximum atomic E-state index is 12.0. The zero-order chi connectivity index (χ0) is 14.8. The Bertz CT molecular complexity index is 482. The number of aryl methyl sites for hydroxylation is 1. The number of amides is 1. The maximum Gasteiger partial charge on any atom is 0.405 e. The van der Waals surface area contributed by atoms with Crippen LogP contribution in [0.3, 0.4) is 0 Å². The van der Waals surface area contributed by atoms with E-state index in [1.54, 1.807) is 10.8 Å². The fourth-order valence-corrected chi connectivity index (χ4v) is 2.46. The fourth-order valence-electron chi connectivity index (χ4n) is 2.46. The Hall–Kier alpha value is -1.50. The average Bonchev–Trinajstić information content (AvgIpc) is 2.66. The smallest absolute Gasteiger partial charge is 0.345 e. The number of fused-ring (bicyclic) bond motifs is 1. The van der Waals surface area contributed by atoms with Crippen molar-refractivity contribution in [2.75, 3.05) is 6.54 Å². The number of hydrogen-bond donors (Lipinski definition) is 2. The lowest BCUT2D eigenvalue weighted by atomic mass is 10.1. The minimum Gasteiger partial charge on any atom is -0.345 e. The number of nitrogens with two attached hydrogens (primary N) is 1. The first kappa shape index (κ1) is 14.9. The van der Waals surface area contributed by atoms with E-state index in [0.717, 1.165) is 36.8 Å². The molecule has 2 rings (SSSR count). The van der Waals surface area contributed by atoms with Crippen LogP contribution in [-0.4, -0.2) is 23.2 Å². The van der Waals surface area contributed by atoms with Crippen molar-refractivity contribution in [3.05, 3.63) is 23.5 Å². The van der Waals surface area contributed by atoms with Crippen molar-refractivity contribution in [3.63, 3.8) is 0 Å². The van der Waals surface area contributed by atoms with Gasteiger partial charge in [-0.25, -0.2) is 0 Å². The van der Waals surface area contributed by atoms with Crippen LogP contribution in [-0.2, 0) is 17.8 Å². The van der Waals surface area contributed by atoms with E-state index in [1.165, 1.54) is 0 Å².